The lowest BCUT2D eigenvalue weighted by Gasteiger charge is -2.26. The van der Waals surface area contributed by atoms with Crippen LogP contribution in [-0.2, 0) is 0 Å². The third-order valence-corrected chi connectivity index (χ3v) is 2.74. The van der Waals surface area contributed by atoms with Crippen molar-refractivity contribution in [1.82, 2.24) is 5.32 Å². The fourth-order valence-corrected chi connectivity index (χ4v) is 2.05. The SMILES string of the molecule is CNCC1CCNc2cc(O)ccc21. The molecule has 2 rings (SSSR count). The summed E-state index contributed by atoms with van der Waals surface area (Å²) in [7, 11) is 1.97. The Bertz CT molecular complexity index is 325. The molecule has 1 unspecified atom stereocenters. The number of nitrogens with one attached hydrogen (secondary N) is 2. The normalized spacial score (nSPS) is 19.9. The molecule has 1 aromatic carbocycles. The van der Waals surface area contributed by atoms with Gasteiger partial charge in [0.1, 0.15) is 5.75 Å². The Labute approximate surface area is 84.1 Å². The average molecular weight is 192 g/mol. The fraction of sp³-hybridized carbons (Fsp3) is 0.455. The van der Waals surface area contributed by atoms with E-state index >= 15 is 0 Å². The van der Waals surface area contributed by atoms with E-state index in [1.807, 2.05) is 13.1 Å². The third-order valence-electron chi connectivity index (χ3n) is 2.74. The van der Waals surface area contributed by atoms with Crippen LogP contribution in [-0.4, -0.2) is 25.2 Å². The Balaban J connectivity index is 2.30. The first kappa shape index (κ1) is 9.34. The lowest BCUT2D eigenvalue weighted by molar-refractivity contribution is 0.474. The maximum Gasteiger partial charge on any atom is 0.117 e. The Hall–Kier alpha value is -1.22. The summed E-state index contributed by atoms with van der Waals surface area (Å²) < 4.78 is 0. The summed E-state index contributed by atoms with van der Waals surface area (Å²) in [5.41, 5.74) is 2.39. The summed E-state index contributed by atoms with van der Waals surface area (Å²) >= 11 is 0. The number of phenols is 1. The van der Waals surface area contributed by atoms with Crippen LogP contribution in [0.2, 0.25) is 0 Å². The van der Waals surface area contributed by atoms with Crippen LogP contribution in [0.15, 0.2) is 18.2 Å². The van der Waals surface area contributed by atoms with Crippen LogP contribution in [0.4, 0.5) is 5.69 Å². The largest absolute Gasteiger partial charge is 0.508 e. The highest BCUT2D eigenvalue weighted by Crippen LogP contribution is 2.33. The van der Waals surface area contributed by atoms with Crippen molar-refractivity contribution in [1.29, 1.82) is 0 Å². The van der Waals surface area contributed by atoms with Gasteiger partial charge in [0.05, 0.1) is 0 Å². The molecular formula is C11H16N2O. The maximum atomic E-state index is 9.35. The number of aromatic hydroxyl groups is 1. The van der Waals surface area contributed by atoms with Gasteiger partial charge in [0.15, 0.2) is 0 Å². The molecule has 76 valence electrons. The third kappa shape index (κ3) is 1.68. The van der Waals surface area contributed by atoms with Gasteiger partial charge in [-0.2, -0.15) is 0 Å². The smallest absolute Gasteiger partial charge is 0.117 e. The molecule has 1 aromatic rings. The van der Waals surface area contributed by atoms with E-state index in [0.717, 1.165) is 25.2 Å². The van der Waals surface area contributed by atoms with Crippen molar-refractivity contribution in [2.24, 2.45) is 0 Å². The number of likely N-dealkylation sites (N-methyl/N-ethyl adjacent to an activating group) is 1. The lowest BCUT2D eigenvalue weighted by atomic mass is 9.91. The predicted octanol–water partition coefficient (Wildman–Crippen LogP) is 1.51. The molecule has 14 heavy (non-hydrogen) atoms. The molecule has 0 spiro atoms. The van der Waals surface area contributed by atoms with Gasteiger partial charge in [0.2, 0.25) is 0 Å². The second-order valence-electron chi connectivity index (χ2n) is 3.74. The first-order chi connectivity index (χ1) is 6.81. The van der Waals surface area contributed by atoms with Gasteiger partial charge in [-0.15, -0.1) is 0 Å². The molecule has 0 aliphatic carbocycles. The van der Waals surface area contributed by atoms with E-state index in [9.17, 15) is 5.11 Å². The van der Waals surface area contributed by atoms with E-state index in [2.05, 4.69) is 10.6 Å². The van der Waals surface area contributed by atoms with Crippen LogP contribution in [0.3, 0.4) is 0 Å². The molecule has 1 atom stereocenters. The molecule has 0 fully saturated rings. The van der Waals surface area contributed by atoms with E-state index in [-0.39, 0.29) is 0 Å². The highest BCUT2D eigenvalue weighted by atomic mass is 16.3. The zero-order valence-electron chi connectivity index (χ0n) is 8.38. The molecule has 1 aliphatic rings. The first-order valence-electron chi connectivity index (χ1n) is 5.02. The molecule has 3 N–H and O–H groups in total. The van der Waals surface area contributed by atoms with Crippen molar-refractivity contribution in [3.63, 3.8) is 0 Å². The molecule has 0 saturated heterocycles. The molecule has 0 aromatic heterocycles. The highest BCUT2D eigenvalue weighted by Gasteiger charge is 2.19. The molecule has 3 heteroatoms. The van der Waals surface area contributed by atoms with Crippen molar-refractivity contribution in [2.75, 3.05) is 25.5 Å². The van der Waals surface area contributed by atoms with Crippen molar-refractivity contribution in [2.45, 2.75) is 12.3 Å². The number of phenolic OH excluding ortho intramolecular Hbond substituents is 1. The van der Waals surface area contributed by atoms with Crippen molar-refractivity contribution >= 4 is 5.69 Å². The van der Waals surface area contributed by atoms with Gasteiger partial charge < -0.3 is 15.7 Å². The number of hydrogen-bond acceptors (Lipinski definition) is 3. The number of hydrogen-bond donors (Lipinski definition) is 3. The van der Waals surface area contributed by atoms with E-state index in [1.54, 1.807) is 12.1 Å². The van der Waals surface area contributed by atoms with Crippen LogP contribution >= 0.6 is 0 Å². The van der Waals surface area contributed by atoms with Crippen LogP contribution in [0.5, 0.6) is 5.75 Å². The van der Waals surface area contributed by atoms with Crippen LogP contribution in [0, 0.1) is 0 Å². The van der Waals surface area contributed by atoms with Crippen molar-refractivity contribution in [3.05, 3.63) is 23.8 Å². The van der Waals surface area contributed by atoms with Crippen LogP contribution in [0.1, 0.15) is 17.9 Å². The average Bonchev–Trinajstić information content (AvgIpc) is 2.18. The second kappa shape index (κ2) is 3.88. The van der Waals surface area contributed by atoms with Crippen LogP contribution < -0.4 is 10.6 Å². The zero-order valence-corrected chi connectivity index (χ0v) is 8.38. The predicted molar refractivity (Wildman–Crippen MR) is 57.9 cm³/mol. The summed E-state index contributed by atoms with van der Waals surface area (Å²) in [6, 6.07) is 5.57. The molecule has 0 amide bonds. The van der Waals surface area contributed by atoms with Gasteiger partial charge in [-0.3, -0.25) is 0 Å². The summed E-state index contributed by atoms with van der Waals surface area (Å²) in [5.74, 6) is 0.901. The minimum atomic E-state index is 0.335. The lowest BCUT2D eigenvalue weighted by Crippen LogP contribution is -2.24. The summed E-state index contributed by atoms with van der Waals surface area (Å²) in [6.07, 6.45) is 1.15. The van der Waals surface area contributed by atoms with Gasteiger partial charge in [-0.25, -0.2) is 0 Å². The first-order valence-corrected chi connectivity index (χ1v) is 5.02. The highest BCUT2D eigenvalue weighted by molar-refractivity contribution is 5.58. The molecule has 0 bridgehead atoms. The second-order valence-corrected chi connectivity index (χ2v) is 3.74. The molecule has 0 saturated carbocycles. The topological polar surface area (TPSA) is 44.3 Å². The monoisotopic (exact) mass is 192 g/mol. The minimum absolute atomic E-state index is 0.335. The van der Waals surface area contributed by atoms with Gasteiger partial charge in [-0.05, 0) is 25.1 Å². The molecule has 1 heterocycles. The Morgan fingerprint density at radius 2 is 2.43 bits per heavy atom. The van der Waals surface area contributed by atoms with E-state index in [0.29, 0.717) is 11.7 Å². The van der Waals surface area contributed by atoms with E-state index in [1.165, 1.54) is 5.56 Å². The van der Waals surface area contributed by atoms with Crippen LogP contribution in [0.25, 0.3) is 0 Å². The van der Waals surface area contributed by atoms with Crippen molar-refractivity contribution < 1.29 is 5.11 Å². The zero-order chi connectivity index (χ0) is 9.97. The van der Waals surface area contributed by atoms with Crippen molar-refractivity contribution in [3.8, 4) is 5.75 Å². The Kier molecular flexibility index (Phi) is 2.59. The quantitative estimate of drug-likeness (QED) is 0.665. The molecule has 3 nitrogen and oxygen atoms in total. The maximum absolute atomic E-state index is 9.35. The minimum Gasteiger partial charge on any atom is -0.508 e. The molecular weight excluding hydrogens is 176 g/mol. The van der Waals surface area contributed by atoms with Gasteiger partial charge in [0.25, 0.3) is 0 Å². The van der Waals surface area contributed by atoms with E-state index < -0.39 is 0 Å². The summed E-state index contributed by atoms with van der Waals surface area (Å²) in [4.78, 5) is 0. The number of rotatable bonds is 2. The Morgan fingerprint density at radius 1 is 1.57 bits per heavy atom. The van der Waals surface area contributed by atoms with Gasteiger partial charge >= 0.3 is 0 Å². The fourth-order valence-electron chi connectivity index (χ4n) is 2.05. The van der Waals surface area contributed by atoms with Gasteiger partial charge in [-0.1, -0.05) is 6.07 Å². The number of anilines is 1. The summed E-state index contributed by atoms with van der Waals surface area (Å²) in [6.45, 7) is 1.99. The molecule has 1 aliphatic heterocycles. The Morgan fingerprint density at radius 3 is 3.21 bits per heavy atom. The molecule has 0 radical (unpaired) electrons. The van der Waals surface area contributed by atoms with Gasteiger partial charge in [0, 0.05) is 30.8 Å². The number of fused-ring (bicyclic) bond motifs is 1. The summed E-state index contributed by atoms with van der Waals surface area (Å²) in [5, 5.41) is 15.9. The standard InChI is InChI=1S/C11H16N2O/c1-12-7-8-4-5-13-11-6-9(14)2-3-10(8)11/h2-3,6,8,12-14H,4-5,7H2,1H3. The van der Waals surface area contributed by atoms with E-state index in [4.69, 9.17) is 0 Å². The number of benzene rings is 1.